The van der Waals surface area contributed by atoms with Gasteiger partial charge >= 0.3 is 12.0 Å². The zero-order valence-corrected chi connectivity index (χ0v) is 10.7. The first-order chi connectivity index (χ1) is 9.15. The van der Waals surface area contributed by atoms with Gasteiger partial charge in [0, 0.05) is 6.54 Å². The van der Waals surface area contributed by atoms with Crippen molar-refractivity contribution in [3.05, 3.63) is 46.0 Å². The Balaban J connectivity index is 1.75. The highest BCUT2D eigenvalue weighted by Crippen LogP contribution is 2.07. The number of urea groups is 1. The van der Waals surface area contributed by atoms with Gasteiger partial charge in [0.15, 0.2) is 0 Å². The Morgan fingerprint density at radius 1 is 1.21 bits per heavy atom. The average molecular weight is 280 g/mol. The lowest BCUT2D eigenvalue weighted by molar-refractivity contribution is 0.0660. The van der Waals surface area contributed by atoms with Crippen LogP contribution in [0.2, 0.25) is 0 Å². The second-order valence-electron chi connectivity index (χ2n) is 3.74. The summed E-state index contributed by atoms with van der Waals surface area (Å²) >= 11 is 1.56. The van der Waals surface area contributed by atoms with Crippen molar-refractivity contribution in [1.29, 1.82) is 0 Å². The summed E-state index contributed by atoms with van der Waals surface area (Å²) in [6.07, 6.45) is 0. The van der Waals surface area contributed by atoms with Crippen LogP contribution in [0.3, 0.4) is 0 Å². The molecule has 0 aromatic carbocycles. The van der Waals surface area contributed by atoms with Crippen LogP contribution in [-0.4, -0.2) is 17.1 Å². The van der Waals surface area contributed by atoms with Crippen LogP contribution in [0.15, 0.2) is 33.4 Å². The fourth-order valence-electron chi connectivity index (χ4n) is 1.39. The monoisotopic (exact) mass is 280 g/mol. The van der Waals surface area contributed by atoms with E-state index in [0.29, 0.717) is 12.3 Å². The summed E-state index contributed by atoms with van der Waals surface area (Å²) in [5.74, 6) is -0.883. The van der Waals surface area contributed by atoms with Gasteiger partial charge < -0.3 is 20.2 Å². The quantitative estimate of drug-likeness (QED) is 0.781. The third-order valence-electron chi connectivity index (χ3n) is 2.33. The number of amides is 2. The van der Waals surface area contributed by atoms with Gasteiger partial charge in [-0.15, -0.1) is 0 Å². The van der Waals surface area contributed by atoms with E-state index in [1.54, 1.807) is 11.3 Å². The third kappa shape index (κ3) is 3.85. The van der Waals surface area contributed by atoms with Crippen LogP contribution in [0.5, 0.6) is 0 Å². The van der Waals surface area contributed by atoms with Crippen molar-refractivity contribution in [1.82, 2.24) is 10.6 Å². The Morgan fingerprint density at radius 3 is 2.63 bits per heavy atom. The van der Waals surface area contributed by atoms with Crippen LogP contribution >= 0.6 is 11.3 Å². The molecular weight excluding hydrogens is 268 g/mol. The maximum absolute atomic E-state index is 11.5. The molecule has 0 saturated heterocycles. The Hall–Kier alpha value is -2.28. The summed E-state index contributed by atoms with van der Waals surface area (Å²) in [6, 6.07) is 4.46. The van der Waals surface area contributed by atoms with E-state index < -0.39 is 5.97 Å². The van der Waals surface area contributed by atoms with E-state index in [-0.39, 0.29) is 18.3 Å². The van der Waals surface area contributed by atoms with Crippen molar-refractivity contribution in [3.8, 4) is 0 Å². The lowest BCUT2D eigenvalue weighted by Gasteiger charge is -2.05. The first kappa shape index (κ1) is 13.2. The normalized spacial score (nSPS) is 10.1. The average Bonchev–Trinajstić information content (AvgIpc) is 3.05. The largest absolute Gasteiger partial charge is 0.475 e. The number of hydrogen-bond donors (Lipinski definition) is 3. The fourth-order valence-corrected chi connectivity index (χ4v) is 2.06. The van der Waals surface area contributed by atoms with E-state index in [2.05, 4.69) is 10.6 Å². The molecule has 0 radical (unpaired) electrons. The summed E-state index contributed by atoms with van der Waals surface area (Å²) < 4.78 is 5.01. The minimum atomic E-state index is -1.13. The number of carbonyl (C=O) groups is 2. The molecule has 7 heteroatoms. The van der Waals surface area contributed by atoms with Crippen molar-refractivity contribution in [3.63, 3.8) is 0 Å². The standard InChI is InChI=1S/C12H12N2O4S/c15-11(16)10-2-1-9(18-10)6-14-12(17)13-5-8-3-4-19-7-8/h1-4,7H,5-6H2,(H,15,16)(H2,13,14,17). The minimum Gasteiger partial charge on any atom is -0.475 e. The predicted octanol–water partition coefficient (Wildman–Crippen LogP) is 2.04. The van der Waals surface area contributed by atoms with Gasteiger partial charge in [-0.3, -0.25) is 0 Å². The molecule has 2 heterocycles. The van der Waals surface area contributed by atoms with Gasteiger partial charge in [0.05, 0.1) is 6.54 Å². The summed E-state index contributed by atoms with van der Waals surface area (Å²) in [4.78, 5) is 22.1. The van der Waals surface area contributed by atoms with Crippen LogP contribution in [0, 0.1) is 0 Å². The second-order valence-corrected chi connectivity index (χ2v) is 4.52. The molecule has 100 valence electrons. The van der Waals surface area contributed by atoms with Gasteiger partial charge in [-0.1, -0.05) is 0 Å². The van der Waals surface area contributed by atoms with E-state index >= 15 is 0 Å². The van der Waals surface area contributed by atoms with E-state index in [1.165, 1.54) is 12.1 Å². The van der Waals surface area contributed by atoms with Gasteiger partial charge in [0.2, 0.25) is 5.76 Å². The van der Waals surface area contributed by atoms with E-state index in [1.807, 2.05) is 16.8 Å². The van der Waals surface area contributed by atoms with Crippen molar-refractivity contribution in [2.45, 2.75) is 13.1 Å². The molecular formula is C12H12N2O4S. The van der Waals surface area contributed by atoms with Crippen molar-refractivity contribution >= 4 is 23.3 Å². The number of aromatic carboxylic acids is 1. The van der Waals surface area contributed by atoms with Crippen LogP contribution in [0.25, 0.3) is 0 Å². The molecule has 2 rings (SSSR count). The van der Waals surface area contributed by atoms with Crippen LogP contribution in [0.4, 0.5) is 4.79 Å². The molecule has 0 bridgehead atoms. The lowest BCUT2D eigenvalue weighted by Crippen LogP contribution is -2.34. The van der Waals surface area contributed by atoms with E-state index in [9.17, 15) is 9.59 Å². The zero-order chi connectivity index (χ0) is 13.7. The smallest absolute Gasteiger partial charge is 0.371 e. The Morgan fingerprint density at radius 2 is 2.00 bits per heavy atom. The predicted molar refractivity (Wildman–Crippen MR) is 69.1 cm³/mol. The summed E-state index contributed by atoms with van der Waals surface area (Å²) in [7, 11) is 0. The SMILES string of the molecule is O=C(NCc1ccsc1)NCc1ccc(C(=O)O)o1. The molecule has 0 fully saturated rings. The molecule has 0 aliphatic heterocycles. The highest BCUT2D eigenvalue weighted by molar-refractivity contribution is 7.07. The zero-order valence-electron chi connectivity index (χ0n) is 9.88. The molecule has 0 spiro atoms. The molecule has 2 amide bonds. The summed E-state index contributed by atoms with van der Waals surface area (Å²) in [5.41, 5.74) is 1.03. The lowest BCUT2D eigenvalue weighted by atomic mass is 10.3. The number of furan rings is 1. The molecule has 3 N–H and O–H groups in total. The Labute approximate surface area is 113 Å². The highest BCUT2D eigenvalue weighted by Gasteiger charge is 2.09. The Bertz CT molecular complexity index is 562. The molecule has 0 aliphatic rings. The molecule has 6 nitrogen and oxygen atoms in total. The maximum atomic E-state index is 11.5. The number of carboxylic acids is 1. The third-order valence-corrected chi connectivity index (χ3v) is 3.06. The van der Waals surface area contributed by atoms with Crippen LogP contribution < -0.4 is 10.6 Å². The summed E-state index contributed by atoms with van der Waals surface area (Å²) in [5, 5.41) is 17.8. The first-order valence-corrected chi connectivity index (χ1v) is 6.44. The minimum absolute atomic E-state index is 0.142. The number of rotatable bonds is 5. The van der Waals surface area contributed by atoms with Gasteiger partial charge in [-0.05, 0) is 34.5 Å². The number of thiophene rings is 1. The topological polar surface area (TPSA) is 91.6 Å². The molecule has 0 saturated carbocycles. The van der Waals surface area contributed by atoms with E-state index in [4.69, 9.17) is 9.52 Å². The second kappa shape index (κ2) is 6.05. The molecule has 0 atom stereocenters. The van der Waals surface area contributed by atoms with Gasteiger partial charge in [-0.2, -0.15) is 11.3 Å². The first-order valence-electron chi connectivity index (χ1n) is 5.50. The van der Waals surface area contributed by atoms with Crippen molar-refractivity contribution in [2.24, 2.45) is 0 Å². The van der Waals surface area contributed by atoms with Crippen molar-refractivity contribution < 1.29 is 19.1 Å². The molecule has 2 aromatic rings. The molecule has 19 heavy (non-hydrogen) atoms. The number of nitrogens with one attached hydrogen (secondary N) is 2. The highest BCUT2D eigenvalue weighted by atomic mass is 32.1. The van der Waals surface area contributed by atoms with Crippen LogP contribution in [0.1, 0.15) is 21.9 Å². The maximum Gasteiger partial charge on any atom is 0.371 e. The van der Waals surface area contributed by atoms with E-state index in [0.717, 1.165) is 5.56 Å². The number of hydrogen-bond acceptors (Lipinski definition) is 4. The summed E-state index contributed by atoms with van der Waals surface area (Å²) in [6.45, 7) is 0.594. The van der Waals surface area contributed by atoms with Crippen molar-refractivity contribution in [2.75, 3.05) is 0 Å². The fraction of sp³-hybridized carbons (Fsp3) is 0.167. The van der Waals surface area contributed by atoms with Gasteiger partial charge in [-0.25, -0.2) is 9.59 Å². The van der Waals surface area contributed by atoms with Crippen LogP contribution in [-0.2, 0) is 13.1 Å². The molecule has 0 aliphatic carbocycles. The van der Waals surface area contributed by atoms with Gasteiger partial charge in [0.1, 0.15) is 5.76 Å². The number of carboxylic acid groups (broad SMARTS) is 1. The molecule has 0 unspecified atom stereocenters. The molecule has 2 aromatic heterocycles. The van der Waals surface area contributed by atoms with Gasteiger partial charge in [0.25, 0.3) is 0 Å². The number of carbonyl (C=O) groups excluding carboxylic acids is 1. The Kier molecular flexibility index (Phi) is 4.19.